The number of amides is 2. The molecule has 2 amide bonds. The molecule has 0 spiro atoms. The third-order valence-corrected chi connectivity index (χ3v) is 5.93. The van der Waals surface area contributed by atoms with E-state index in [2.05, 4.69) is 23.5 Å². The van der Waals surface area contributed by atoms with E-state index in [-0.39, 0.29) is 12.1 Å². The van der Waals surface area contributed by atoms with E-state index in [0.29, 0.717) is 24.3 Å². The van der Waals surface area contributed by atoms with Gasteiger partial charge in [0.25, 0.3) is 0 Å². The molecule has 1 aromatic carbocycles. The first-order chi connectivity index (χ1) is 10.8. The van der Waals surface area contributed by atoms with E-state index in [0.717, 1.165) is 25.0 Å². The maximum Gasteiger partial charge on any atom is 0.318 e. The summed E-state index contributed by atoms with van der Waals surface area (Å²) in [6.45, 7) is 0.684. The maximum atomic E-state index is 12.3. The number of nitriles is 1. The first-order valence-electron chi connectivity index (χ1n) is 7.89. The number of hydrogen-bond acceptors (Lipinski definition) is 3. The lowest BCUT2D eigenvalue weighted by Gasteiger charge is -2.27. The highest BCUT2D eigenvalue weighted by Gasteiger charge is 2.47. The van der Waals surface area contributed by atoms with Crippen molar-refractivity contribution in [1.29, 1.82) is 5.26 Å². The fourth-order valence-corrected chi connectivity index (χ4v) is 4.97. The summed E-state index contributed by atoms with van der Waals surface area (Å²) in [6, 6.07) is 13.0. The molecule has 0 saturated carbocycles. The predicted molar refractivity (Wildman–Crippen MR) is 88.4 cm³/mol. The van der Waals surface area contributed by atoms with E-state index >= 15 is 0 Å². The molecule has 3 rings (SSSR count). The number of carbonyl (C=O) groups excluding carboxylic acids is 1. The van der Waals surface area contributed by atoms with Crippen molar-refractivity contribution in [3.05, 3.63) is 35.9 Å². The van der Waals surface area contributed by atoms with Gasteiger partial charge in [-0.05, 0) is 18.4 Å². The van der Waals surface area contributed by atoms with E-state index in [1.54, 1.807) is 0 Å². The molecule has 2 saturated heterocycles. The van der Waals surface area contributed by atoms with Crippen LogP contribution in [-0.2, 0) is 6.54 Å². The molecule has 3 unspecified atom stereocenters. The van der Waals surface area contributed by atoms with Crippen molar-refractivity contribution < 1.29 is 4.79 Å². The number of unbranched alkanes of at least 4 members (excludes halogenated alkanes) is 2. The molecular formula is C17H21N3OS. The number of nitrogens with one attached hydrogen (secondary N) is 1. The number of fused-ring (bicyclic) bond motifs is 1. The lowest BCUT2D eigenvalue weighted by atomic mass is 10.0. The van der Waals surface area contributed by atoms with Crippen LogP contribution < -0.4 is 5.32 Å². The Morgan fingerprint density at radius 1 is 1.32 bits per heavy atom. The summed E-state index contributed by atoms with van der Waals surface area (Å²) < 4.78 is 0. The van der Waals surface area contributed by atoms with Crippen molar-refractivity contribution in [2.45, 2.75) is 49.6 Å². The van der Waals surface area contributed by atoms with Crippen LogP contribution in [0.1, 0.15) is 31.2 Å². The number of hydrogen-bond donors (Lipinski definition) is 1. The number of carbonyl (C=O) groups is 1. The molecular weight excluding hydrogens is 294 g/mol. The van der Waals surface area contributed by atoms with Gasteiger partial charge in [0.1, 0.15) is 0 Å². The van der Waals surface area contributed by atoms with Crippen LogP contribution in [0.3, 0.4) is 0 Å². The molecule has 3 atom stereocenters. The van der Waals surface area contributed by atoms with Gasteiger partial charge in [-0.2, -0.15) is 17.0 Å². The van der Waals surface area contributed by atoms with Crippen LogP contribution in [0.15, 0.2) is 30.3 Å². The number of thioether (sulfide) groups is 1. The number of rotatable bonds is 6. The largest absolute Gasteiger partial charge is 0.332 e. The van der Waals surface area contributed by atoms with Gasteiger partial charge in [0.15, 0.2) is 0 Å². The Balaban J connectivity index is 1.64. The summed E-state index contributed by atoms with van der Waals surface area (Å²) in [5, 5.41) is 12.3. The van der Waals surface area contributed by atoms with Crippen molar-refractivity contribution >= 4 is 17.8 Å². The van der Waals surface area contributed by atoms with Crippen LogP contribution in [0.4, 0.5) is 4.79 Å². The van der Waals surface area contributed by atoms with E-state index in [1.807, 2.05) is 34.9 Å². The van der Waals surface area contributed by atoms with Crippen LogP contribution in [0.2, 0.25) is 0 Å². The fourth-order valence-electron chi connectivity index (χ4n) is 3.37. The lowest BCUT2D eigenvalue weighted by molar-refractivity contribution is 0.197. The van der Waals surface area contributed by atoms with Crippen molar-refractivity contribution in [1.82, 2.24) is 10.2 Å². The predicted octanol–water partition coefficient (Wildman–Crippen LogP) is 3.15. The summed E-state index contributed by atoms with van der Waals surface area (Å²) in [5.74, 6) is 1.00. The topological polar surface area (TPSA) is 56.1 Å². The van der Waals surface area contributed by atoms with Crippen molar-refractivity contribution in [3.63, 3.8) is 0 Å². The second kappa shape index (κ2) is 7.06. The van der Waals surface area contributed by atoms with Crippen molar-refractivity contribution in [3.8, 4) is 6.07 Å². The molecule has 0 aromatic heterocycles. The lowest BCUT2D eigenvalue weighted by Crippen LogP contribution is -2.40. The highest BCUT2D eigenvalue weighted by molar-refractivity contribution is 8.00. The molecule has 1 N–H and O–H groups in total. The van der Waals surface area contributed by atoms with Gasteiger partial charge in [-0.25, -0.2) is 4.79 Å². The maximum absolute atomic E-state index is 12.3. The molecule has 1 aromatic rings. The molecule has 0 radical (unpaired) electrons. The summed E-state index contributed by atoms with van der Waals surface area (Å²) >= 11 is 1.97. The van der Waals surface area contributed by atoms with E-state index in [1.165, 1.54) is 5.56 Å². The van der Waals surface area contributed by atoms with E-state index in [4.69, 9.17) is 5.26 Å². The normalized spacial score (nSPS) is 26.6. The van der Waals surface area contributed by atoms with Crippen LogP contribution in [0.5, 0.6) is 0 Å². The molecule has 5 heteroatoms. The molecule has 0 bridgehead atoms. The van der Waals surface area contributed by atoms with Gasteiger partial charge in [0.2, 0.25) is 0 Å². The van der Waals surface area contributed by atoms with Gasteiger partial charge >= 0.3 is 6.03 Å². The van der Waals surface area contributed by atoms with Crippen LogP contribution in [-0.4, -0.2) is 34.0 Å². The third-order valence-electron chi connectivity index (χ3n) is 4.44. The highest BCUT2D eigenvalue weighted by atomic mass is 32.2. The van der Waals surface area contributed by atoms with Crippen LogP contribution in [0.25, 0.3) is 0 Å². The first-order valence-corrected chi connectivity index (χ1v) is 8.94. The minimum absolute atomic E-state index is 0.0705. The monoisotopic (exact) mass is 315 g/mol. The molecule has 22 heavy (non-hydrogen) atoms. The Hall–Kier alpha value is -1.67. The Morgan fingerprint density at radius 2 is 2.14 bits per heavy atom. The van der Waals surface area contributed by atoms with Crippen molar-refractivity contribution in [2.75, 3.05) is 5.75 Å². The highest BCUT2D eigenvalue weighted by Crippen LogP contribution is 2.38. The molecule has 116 valence electrons. The third kappa shape index (κ3) is 3.22. The van der Waals surface area contributed by atoms with Gasteiger partial charge < -0.3 is 10.2 Å². The van der Waals surface area contributed by atoms with Crippen LogP contribution in [0, 0.1) is 11.3 Å². The van der Waals surface area contributed by atoms with Gasteiger partial charge in [-0.3, -0.25) is 0 Å². The Morgan fingerprint density at radius 3 is 2.91 bits per heavy atom. The average molecular weight is 315 g/mol. The molecule has 2 heterocycles. The van der Waals surface area contributed by atoms with Gasteiger partial charge in [-0.1, -0.05) is 36.8 Å². The van der Waals surface area contributed by atoms with E-state index < -0.39 is 0 Å². The average Bonchev–Trinajstić information content (AvgIpc) is 3.05. The Bertz CT molecular complexity index is 557. The molecule has 2 aliphatic rings. The smallest absolute Gasteiger partial charge is 0.318 e. The van der Waals surface area contributed by atoms with E-state index in [9.17, 15) is 4.79 Å². The zero-order chi connectivity index (χ0) is 15.4. The second-order valence-corrected chi connectivity index (χ2v) is 7.21. The number of nitrogens with zero attached hydrogens (tertiary/aromatic N) is 2. The summed E-state index contributed by atoms with van der Waals surface area (Å²) in [4.78, 5) is 14.3. The van der Waals surface area contributed by atoms with Gasteiger partial charge in [0, 0.05) is 24.0 Å². The molecule has 4 nitrogen and oxygen atoms in total. The molecule has 2 aliphatic heterocycles. The Labute approximate surface area is 135 Å². The molecule has 2 fully saturated rings. The van der Waals surface area contributed by atoms with Crippen LogP contribution >= 0.6 is 11.8 Å². The van der Waals surface area contributed by atoms with Gasteiger partial charge in [-0.15, -0.1) is 0 Å². The summed E-state index contributed by atoms with van der Waals surface area (Å²) in [6.07, 6.45) is 3.76. The summed E-state index contributed by atoms with van der Waals surface area (Å²) in [5.41, 5.74) is 1.18. The van der Waals surface area contributed by atoms with Gasteiger partial charge in [0.05, 0.1) is 18.2 Å². The Kier molecular flexibility index (Phi) is 4.89. The summed E-state index contributed by atoms with van der Waals surface area (Å²) in [7, 11) is 0. The minimum Gasteiger partial charge on any atom is -0.332 e. The zero-order valence-corrected chi connectivity index (χ0v) is 13.4. The quantitative estimate of drug-likeness (QED) is 0.648. The number of benzene rings is 1. The fraction of sp³-hybridized carbons (Fsp3) is 0.529. The first kappa shape index (κ1) is 15.2. The molecule has 0 aliphatic carbocycles. The van der Waals surface area contributed by atoms with Crippen molar-refractivity contribution in [2.24, 2.45) is 0 Å². The SMILES string of the molecule is N#CCCCCC1SCC2NC(=O)N(Cc3ccccc3)C21. The second-order valence-electron chi connectivity index (χ2n) is 5.94. The standard InChI is InChI=1S/C17H21N3OS/c18-10-6-2-5-9-15-16-14(12-22-15)19-17(21)20(16)11-13-7-3-1-4-8-13/h1,3-4,7-8,14-16H,2,5-6,9,11-12H2,(H,19,21). The minimum atomic E-state index is 0.0705. The number of urea groups is 1. The zero-order valence-electron chi connectivity index (χ0n) is 12.6.